The van der Waals surface area contributed by atoms with Crippen molar-refractivity contribution in [1.82, 2.24) is 15.5 Å². The summed E-state index contributed by atoms with van der Waals surface area (Å²) >= 11 is 0. The Morgan fingerprint density at radius 1 is 0.962 bits per heavy atom. The average molecular weight is 366 g/mol. The molecule has 150 valence electrons. The SMILES string of the molecule is C1CCC(CNC2CCCC2C2COCCN2)(CN2CCOCC2)CC1. The highest BCUT2D eigenvalue weighted by atomic mass is 16.5. The maximum Gasteiger partial charge on any atom is 0.0623 e. The van der Waals surface area contributed by atoms with Gasteiger partial charge in [-0.3, -0.25) is 4.90 Å². The number of ether oxygens (including phenoxy) is 2. The van der Waals surface area contributed by atoms with Crippen molar-refractivity contribution in [1.29, 1.82) is 0 Å². The van der Waals surface area contributed by atoms with Gasteiger partial charge >= 0.3 is 0 Å². The third-order valence-electron chi connectivity index (χ3n) is 7.35. The van der Waals surface area contributed by atoms with Gasteiger partial charge in [-0.2, -0.15) is 0 Å². The van der Waals surface area contributed by atoms with Crippen LogP contribution in [0.4, 0.5) is 0 Å². The zero-order valence-electron chi connectivity index (χ0n) is 16.5. The van der Waals surface area contributed by atoms with Gasteiger partial charge in [-0.1, -0.05) is 25.7 Å². The number of hydrogen-bond acceptors (Lipinski definition) is 5. The number of nitrogens with one attached hydrogen (secondary N) is 2. The molecule has 3 unspecified atom stereocenters. The van der Waals surface area contributed by atoms with Crippen molar-refractivity contribution in [3.8, 4) is 0 Å². The number of morpholine rings is 2. The second-order valence-electron chi connectivity index (χ2n) is 9.17. The van der Waals surface area contributed by atoms with Gasteiger partial charge in [0.15, 0.2) is 0 Å². The first-order valence-electron chi connectivity index (χ1n) is 11.2. The van der Waals surface area contributed by atoms with Gasteiger partial charge in [-0.05, 0) is 37.0 Å². The van der Waals surface area contributed by atoms with Crippen LogP contribution in [-0.4, -0.2) is 76.1 Å². The van der Waals surface area contributed by atoms with Crippen LogP contribution >= 0.6 is 0 Å². The Morgan fingerprint density at radius 3 is 2.58 bits per heavy atom. The zero-order valence-corrected chi connectivity index (χ0v) is 16.5. The molecule has 3 atom stereocenters. The summed E-state index contributed by atoms with van der Waals surface area (Å²) in [6.07, 6.45) is 11.1. The van der Waals surface area contributed by atoms with Crippen LogP contribution < -0.4 is 10.6 Å². The topological polar surface area (TPSA) is 45.8 Å². The van der Waals surface area contributed by atoms with Crippen LogP contribution in [0.2, 0.25) is 0 Å². The molecule has 2 saturated heterocycles. The Morgan fingerprint density at radius 2 is 1.81 bits per heavy atom. The van der Waals surface area contributed by atoms with Crippen LogP contribution in [0.3, 0.4) is 0 Å². The van der Waals surface area contributed by atoms with Crippen molar-refractivity contribution in [3.05, 3.63) is 0 Å². The van der Waals surface area contributed by atoms with Crippen molar-refractivity contribution in [2.24, 2.45) is 11.3 Å². The molecule has 0 aromatic carbocycles. The molecule has 4 rings (SSSR count). The van der Waals surface area contributed by atoms with Gasteiger partial charge < -0.3 is 20.1 Å². The molecule has 0 aromatic rings. The number of rotatable bonds is 6. The van der Waals surface area contributed by atoms with Crippen LogP contribution in [0.5, 0.6) is 0 Å². The summed E-state index contributed by atoms with van der Waals surface area (Å²) in [4.78, 5) is 2.67. The lowest BCUT2D eigenvalue weighted by atomic mass is 9.73. The molecule has 2 aliphatic heterocycles. The first-order valence-corrected chi connectivity index (χ1v) is 11.2. The minimum absolute atomic E-state index is 0.485. The molecular formula is C21H39N3O2. The van der Waals surface area contributed by atoms with Crippen LogP contribution in [0.1, 0.15) is 51.4 Å². The molecule has 2 saturated carbocycles. The van der Waals surface area contributed by atoms with Gasteiger partial charge in [0.05, 0.1) is 26.4 Å². The molecule has 0 bridgehead atoms. The molecule has 2 heterocycles. The molecule has 26 heavy (non-hydrogen) atoms. The molecule has 0 amide bonds. The fraction of sp³-hybridized carbons (Fsp3) is 1.00. The minimum Gasteiger partial charge on any atom is -0.379 e. The van der Waals surface area contributed by atoms with E-state index in [-0.39, 0.29) is 0 Å². The van der Waals surface area contributed by atoms with Crippen molar-refractivity contribution in [2.45, 2.75) is 63.5 Å². The Labute approximate surface area is 159 Å². The number of nitrogens with zero attached hydrogens (tertiary/aromatic N) is 1. The third-order valence-corrected chi connectivity index (χ3v) is 7.35. The maximum absolute atomic E-state index is 5.75. The molecule has 4 aliphatic rings. The van der Waals surface area contributed by atoms with Gasteiger partial charge in [0.25, 0.3) is 0 Å². The molecule has 4 fully saturated rings. The quantitative estimate of drug-likeness (QED) is 0.754. The van der Waals surface area contributed by atoms with Gasteiger partial charge in [-0.25, -0.2) is 0 Å². The normalized spacial score (nSPS) is 36.2. The minimum atomic E-state index is 0.485. The van der Waals surface area contributed by atoms with Gasteiger partial charge in [0.1, 0.15) is 0 Å². The highest BCUT2D eigenvalue weighted by molar-refractivity contribution is 4.95. The van der Waals surface area contributed by atoms with Crippen molar-refractivity contribution >= 4 is 0 Å². The van der Waals surface area contributed by atoms with E-state index in [4.69, 9.17) is 9.47 Å². The predicted molar refractivity (Wildman–Crippen MR) is 105 cm³/mol. The largest absolute Gasteiger partial charge is 0.379 e. The molecule has 5 heteroatoms. The lowest BCUT2D eigenvalue weighted by molar-refractivity contribution is 0.00540. The Hall–Kier alpha value is -0.200. The van der Waals surface area contributed by atoms with Gasteiger partial charge in [0.2, 0.25) is 0 Å². The van der Waals surface area contributed by atoms with Gasteiger partial charge in [-0.15, -0.1) is 0 Å². The Kier molecular flexibility index (Phi) is 6.87. The lowest BCUT2D eigenvalue weighted by Crippen LogP contribution is -2.54. The van der Waals surface area contributed by atoms with E-state index in [2.05, 4.69) is 15.5 Å². The summed E-state index contributed by atoms with van der Waals surface area (Å²) in [5, 5.41) is 7.79. The molecular weight excluding hydrogens is 326 g/mol. The zero-order chi connectivity index (χ0) is 17.7. The lowest BCUT2D eigenvalue weighted by Gasteiger charge is -2.43. The highest BCUT2D eigenvalue weighted by Gasteiger charge is 2.38. The Bertz CT molecular complexity index is 415. The first kappa shape index (κ1) is 19.1. The van der Waals surface area contributed by atoms with Crippen molar-refractivity contribution < 1.29 is 9.47 Å². The van der Waals surface area contributed by atoms with E-state index in [0.29, 0.717) is 17.5 Å². The van der Waals surface area contributed by atoms with Gasteiger partial charge in [0, 0.05) is 44.8 Å². The monoisotopic (exact) mass is 365 g/mol. The van der Waals surface area contributed by atoms with Crippen molar-refractivity contribution in [3.63, 3.8) is 0 Å². The molecule has 0 spiro atoms. The molecule has 0 radical (unpaired) electrons. The van der Waals surface area contributed by atoms with E-state index in [9.17, 15) is 0 Å². The fourth-order valence-corrected chi connectivity index (χ4v) is 5.86. The fourth-order valence-electron chi connectivity index (χ4n) is 5.86. The van der Waals surface area contributed by atoms with E-state index >= 15 is 0 Å². The van der Waals surface area contributed by atoms with E-state index in [1.807, 2.05) is 0 Å². The summed E-state index contributed by atoms with van der Waals surface area (Å²) in [7, 11) is 0. The smallest absolute Gasteiger partial charge is 0.0623 e. The summed E-state index contributed by atoms with van der Waals surface area (Å²) in [6, 6.07) is 1.24. The average Bonchev–Trinajstić information content (AvgIpc) is 3.17. The van der Waals surface area contributed by atoms with Crippen molar-refractivity contribution in [2.75, 3.05) is 59.2 Å². The predicted octanol–water partition coefficient (Wildman–Crippen LogP) is 2.02. The summed E-state index contributed by atoms with van der Waals surface area (Å²) < 4.78 is 11.3. The standard InChI is InChI=1S/C21H39N3O2/c1-2-7-21(8-3-1,17-24-10-13-25-14-11-24)16-23-19-6-4-5-18(19)20-15-26-12-9-22-20/h18-20,22-23H,1-17H2. The Balaban J connectivity index is 1.34. The number of hydrogen-bond donors (Lipinski definition) is 2. The molecule has 2 N–H and O–H groups in total. The summed E-state index contributed by atoms with van der Waals surface area (Å²) in [5.74, 6) is 0.749. The van der Waals surface area contributed by atoms with Crippen LogP contribution in [0.25, 0.3) is 0 Å². The molecule has 5 nitrogen and oxygen atoms in total. The van der Waals surface area contributed by atoms with E-state index in [1.54, 1.807) is 0 Å². The second-order valence-corrected chi connectivity index (χ2v) is 9.17. The summed E-state index contributed by atoms with van der Waals surface area (Å²) in [5.41, 5.74) is 0.485. The summed E-state index contributed by atoms with van der Waals surface area (Å²) in [6.45, 7) is 9.36. The van der Waals surface area contributed by atoms with Crippen LogP contribution in [0.15, 0.2) is 0 Å². The molecule has 0 aromatic heterocycles. The highest BCUT2D eigenvalue weighted by Crippen LogP contribution is 2.38. The van der Waals surface area contributed by atoms with E-state index in [0.717, 1.165) is 52.0 Å². The molecule has 2 aliphatic carbocycles. The second kappa shape index (κ2) is 9.33. The van der Waals surface area contributed by atoms with E-state index < -0.39 is 0 Å². The van der Waals surface area contributed by atoms with Crippen LogP contribution in [-0.2, 0) is 9.47 Å². The van der Waals surface area contributed by atoms with E-state index in [1.165, 1.54) is 64.5 Å². The first-order chi connectivity index (χ1) is 12.8. The van der Waals surface area contributed by atoms with Crippen LogP contribution in [0, 0.1) is 11.3 Å². The third kappa shape index (κ3) is 4.79. The maximum atomic E-state index is 5.75.